The summed E-state index contributed by atoms with van der Waals surface area (Å²) in [6, 6.07) is 5.96. The van der Waals surface area contributed by atoms with Crippen LogP contribution in [0.2, 0.25) is 0 Å². The fourth-order valence-corrected chi connectivity index (χ4v) is 3.98. The van der Waals surface area contributed by atoms with E-state index in [2.05, 4.69) is 35.9 Å². The standard InChI is InChI=1S/C22H24F3N7O3S/c1-22(24,25)35-16-4-2-3-13(9-16)10-26-20(34)17-12-32(31-28-17)11-15(23)7-8-18-29-30-21(36-18)27-19(33)14-5-6-14/h2-4,9,12,14-15H,5-8,10-11H2,1H3,(H,26,34)(H,27,30,33). The van der Waals surface area contributed by atoms with E-state index >= 15 is 0 Å². The summed E-state index contributed by atoms with van der Waals surface area (Å²) >= 11 is 1.22. The zero-order valence-electron chi connectivity index (χ0n) is 19.3. The Labute approximate surface area is 208 Å². The Morgan fingerprint density at radius 2 is 2.08 bits per heavy atom. The van der Waals surface area contributed by atoms with Crippen molar-refractivity contribution in [1.29, 1.82) is 0 Å². The molecule has 0 aliphatic heterocycles. The normalized spacial score (nSPS) is 14.3. The number of nitrogens with zero attached hydrogens (tertiary/aromatic N) is 5. The second-order valence-electron chi connectivity index (χ2n) is 8.47. The smallest absolute Gasteiger partial charge is 0.394 e. The minimum atomic E-state index is -3.32. The van der Waals surface area contributed by atoms with E-state index in [1.165, 1.54) is 40.4 Å². The number of hydrogen-bond acceptors (Lipinski definition) is 8. The van der Waals surface area contributed by atoms with Gasteiger partial charge in [0.1, 0.15) is 16.9 Å². The fourth-order valence-electron chi connectivity index (χ4n) is 3.22. The highest BCUT2D eigenvalue weighted by Gasteiger charge is 2.30. The van der Waals surface area contributed by atoms with E-state index in [9.17, 15) is 22.8 Å². The monoisotopic (exact) mass is 523 g/mol. The van der Waals surface area contributed by atoms with E-state index in [0.717, 1.165) is 12.8 Å². The lowest BCUT2D eigenvalue weighted by atomic mass is 10.2. The van der Waals surface area contributed by atoms with Gasteiger partial charge in [0.2, 0.25) is 11.0 Å². The number of hydrogen-bond donors (Lipinski definition) is 2. The molecule has 14 heteroatoms. The highest BCUT2D eigenvalue weighted by Crippen LogP contribution is 2.30. The molecule has 2 amide bonds. The first-order chi connectivity index (χ1) is 17.1. The number of aryl methyl sites for hydroxylation is 1. The Morgan fingerprint density at radius 1 is 1.28 bits per heavy atom. The van der Waals surface area contributed by atoms with E-state index < -0.39 is 18.2 Å². The molecule has 1 aliphatic carbocycles. The quantitative estimate of drug-likeness (QED) is 0.373. The third-order valence-corrected chi connectivity index (χ3v) is 6.02. The van der Waals surface area contributed by atoms with E-state index in [0.29, 0.717) is 29.0 Å². The summed E-state index contributed by atoms with van der Waals surface area (Å²) in [6.45, 7) is 0.584. The van der Waals surface area contributed by atoms with Crippen molar-refractivity contribution in [3.63, 3.8) is 0 Å². The van der Waals surface area contributed by atoms with Crippen LogP contribution in [0.5, 0.6) is 5.75 Å². The van der Waals surface area contributed by atoms with Gasteiger partial charge in [0.05, 0.1) is 12.7 Å². The van der Waals surface area contributed by atoms with E-state index in [1.807, 2.05) is 0 Å². The zero-order chi connectivity index (χ0) is 25.7. The van der Waals surface area contributed by atoms with E-state index in [-0.39, 0.29) is 42.8 Å². The third-order valence-electron chi connectivity index (χ3n) is 5.12. The Balaban J connectivity index is 1.21. The van der Waals surface area contributed by atoms with Crippen molar-refractivity contribution in [3.8, 4) is 5.75 Å². The van der Waals surface area contributed by atoms with Crippen molar-refractivity contribution in [2.24, 2.45) is 5.92 Å². The maximum Gasteiger partial charge on any atom is 0.394 e. The average Bonchev–Trinajstić information content (AvgIpc) is 3.41. The molecule has 2 heterocycles. The summed E-state index contributed by atoms with van der Waals surface area (Å²) < 4.78 is 46.3. The van der Waals surface area contributed by atoms with Crippen LogP contribution in [-0.2, 0) is 24.3 Å². The van der Waals surface area contributed by atoms with Crippen LogP contribution >= 0.6 is 11.3 Å². The van der Waals surface area contributed by atoms with Gasteiger partial charge in [-0.1, -0.05) is 28.7 Å². The zero-order valence-corrected chi connectivity index (χ0v) is 20.1. The minimum Gasteiger partial charge on any atom is -0.433 e. The molecule has 1 aromatic carbocycles. The molecule has 10 nitrogen and oxygen atoms in total. The van der Waals surface area contributed by atoms with Crippen molar-refractivity contribution in [2.45, 2.75) is 58.0 Å². The predicted octanol–water partition coefficient (Wildman–Crippen LogP) is 3.37. The number of rotatable bonds is 12. The van der Waals surface area contributed by atoms with Gasteiger partial charge in [0, 0.05) is 25.8 Å². The van der Waals surface area contributed by atoms with Crippen molar-refractivity contribution < 1.29 is 27.5 Å². The largest absolute Gasteiger partial charge is 0.433 e. The first kappa shape index (κ1) is 25.5. The Bertz CT molecular complexity index is 1210. The van der Waals surface area contributed by atoms with Crippen LogP contribution in [0.4, 0.5) is 18.3 Å². The minimum absolute atomic E-state index is 0.00475. The molecule has 3 aromatic rings. The summed E-state index contributed by atoms with van der Waals surface area (Å²) in [6.07, 6.45) is -0.987. The molecule has 0 radical (unpaired) electrons. The maximum absolute atomic E-state index is 14.5. The number of anilines is 1. The van der Waals surface area contributed by atoms with E-state index in [1.54, 1.807) is 6.07 Å². The Hall–Kier alpha value is -3.55. The van der Waals surface area contributed by atoms with Gasteiger partial charge in [0.25, 0.3) is 5.91 Å². The topological polar surface area (TPSA) is 124 Å². The van der Waals surface area contributed by atoms with Crippen molar-refractivity contribution in [3.05, 3.63) is 46.7 Å². The molecular weight excluding hydrogens is 499 g/mol. The number of ether oxygens (including phenoxy) is 1. The Kier molecular flexibility index (Phi) is 7.82. The van der Waals surface area contributed by atoms with Gasteiger partial charge in [-0.3, -0.25) is 9.59 Å². The number of aromatic nitrogens is 5. The van der Waals surface area contributed by atoms with Crippen molar-refractivity contribution in [1.82, 2.24) is 30.5 Å². The number of alkyl halides is 3. The second-order valence-corrected chi connectivity index (χ2v) is 9.53. The van der Waals surface area contributed by atoms with Gasteiger partial charge in [-0.15, -0.1) is 15.3 Å². The summed E-state index contributed by atoms with van der Waals surface area (Å²) in [5.74, 6) is -0.569. The summed E-state index contributed by atoms with van der Waals surface area (Å²) in [7, 11) is 0. The molecule has 0 spiro atoms. The number of halogens is 3. The molecule has 0 bridgehead atoms. The highest BCUT2D eigenvalue weighted by atomic mass is 32.1. The lowest BCUT2D eigenvalue weighted by Gasteiger charge is -2.13. The van der Waals surface area contributed by atoms with Gasteiger partial charge in [-0.2, -0.15) is 8.78 Å². The molecule has 1 aliphatic rings. The van der Waals surface area contributed by atoms with Crippen molar-refractivity contribution in [2.75, 3.05) is 5.32 Å². The van der Waals surface area contributed by atoms with Gasteiger partial charge in [-0.05, 0) is 37.0 Å². The molecule has 2 N–H and O–H groups in total. The SMILES string of the molecule is CC(F)(F)Oc1cccc(CNC(=O)c2cn(CC(F)CCc3nnc(NC(=O)C4CC4)s3)nn2)c1. The predicted molar refractivity (Wildman–Crippen MR) is 123 cm³/mol. The molecule has 36 heavy (non-hydrogen) atoms. The molecule has 2 aromatic heterocycles. The lowest BCUT2D eigenvalue weighted by Crippen LogP contribution is -2.23. The number of carbonyl (C=O) groups is 2. The van der Waals surface area contributed by atoms with Crippen molar-refractivity contribution >= 4 is 28.3 Å². The number of benzene rings is 1. The maximum atomic E-state index is 14.5. The van der Waals surface area contributed by atoms with Crippen LogP contribution in [0.25, 0.3) is 0 Å². The summed E-state index contributed by atoms with van der Waals surface area (Å²) in [5, 5.41) is 21.8. The lowest BCUT2D eigenvalue weighted by molar-refractivity contribution is -0.159. The van der Waals surface area contributed by atoms with Crippen LogP contribution in [0, 0.1) is 5.92 Å². The Morgan fingerprint density at radius 3 is 2.83 bits per heavy atom. The van der Waals surface area contributed by atoms with Gasteiger partial charge in [-0.25, -0.2) is 9.07 Å². The molecule has 1 saturated carbocycles. The molecular formula is C22H24F3N7O3S. The first-order valence-electron chi connectivity index (χ1n) is 11.3. The molecule has 1 atom stereocenters. The number of amides is 2. The third kappa shape index (κ3) is 7.73. The second kappa shape index (κ2) is 11.0. The summed E-state index contributed by atoms with van der Waals surface area (Å²) in [4.78, 5) is 24.1. The number of carbonyl (C=O) groups excluding carboxylic acids is 2. The molecule has 1 fully saturated rings. The van der Waals surface area contributed by atoms with Crippen LogP contribution in [0.3, 0.4) is 0 Å². The molecule has 4 rings (SSSR count). The number of nitrogens with one attached hydrogen (secondary N) is 2. The van der Waals surface area contributed by atoms with Gasteiger partial charge < -0.3 is 15.4 Å². The summed E-state index contributed by atoms with van der Waals surface area (Å²) in [5.41, 5.74) is 0.545. The highest BCUT2D eigenvalue weighted by molar-refractivity contribution is 7.15. The first-order valence-corrected chi connectivity index (χ1v) is 12.1. The van der Waals surface area contributed by atoms with Gasteiger partial charge >= 0.3 is 6.11 Å². The fraction of sp³-hybridized carbons (Fsp3) is 0.455. The van der Waals surface area contributed by atoms with Crippen LogP contribution in [0.1, 0.15) is 47.2 Å². The van der Waals surface area contributed by atoms with Crippen LogP contribution in [0.15, 0.2) is 30.5 Å². The average molecular weight is 524 g/mol. The van der Waals surface area contributed by atoms with Crippen LogP contribution < -0.4 is 15.4 Å². The molecule has 1 unspecified atom stereocenters. The van der Waals surface area contributed by atoms with Gasteiger partial charge in [0.15, 0.2) is 5.69 Å². The molecule has 0 saturated heterocycles. The van der Waals surface area contributed by atoms with Crippen LogP contribution in [-0.4, -0.2) is 49.3 Å². The van der Waals surface area contributed by atoms with E-state index in [4.69, 9.17) is 0 Å². The molecule has 192 valence electrons.